The van der Waals surface area contributed by atoms with Crippen molar-refractivity contribution in [3.8, 4) is 5.75 Å². The number of ether oxygens (including phenoxy) is 2. The number of esters is 1. The summed E-state index contributed by atoms with van der Waals surface area (Å²) in [6.45, 7) is 8.36. The minimum atomic E-state index is -0.398. The van der Waals surface area contributed by atoms with Crippen molar-refractivity contribution in [1.82, 2.24) is 0 Å². The van der Waals surface area contributed by atoms with Crippen molar-refractivity contribution in [1.29, 1.82) is 0 Å². The summed E-state index contributed by atoms with van der Waals surface area (Å²) in [6, 6.07) is 12.7. The van der Waals surface area contributed by atoms with E-state index < -0.39 is 5.97 Å². The fraction of sp³-hybridized carbons (Fsp3) is 0.364. The molecule has 0 heterocycles. The second-order valence-electron chi connectivity index (χ2n) is 6.75. The van der Waals surface area contributed by atoms with E-state index in [0.717, 1.165) is 23.3 Å². The molecule has 0 bridgehead atoms. The summed E-state index contributed by atoms with van der Waals surface area (Å²) in [5.41, 5.74) is 3.08. The van der Waals surface area contributed by atoms with Crippen molar-refractivity contribution >= 4 is 17.6 Å². The molecule has 0 aliphatic rings. The number of aryl methyl sites for hydroxylation is 1. The average Bonchev–Trinajstić information content (AvgIpc) is 2.64. The molecule has 27 heavy (non-hydrogen) atoms. The van der Waals surface area contributed by atoms with E-state index in [9.17, 15) is 9.59 Å². The van der Waals surface area contributed by atoms with Crippen LogP contribution in [0.3, 0.4) is 0 Å². The molecule has 0 radical (unpaired) electrons. The molecule has 2 rings (SSSR count). The molecular weight excluding hydrogens is 342 g/mol. The Hall–Kier alpha value is -2.82. The molecule has 0 saturated carbocycles. The Morgan fingerprint density at radius 3 is 2.59 bits per heavy atom. The first-order valence-corrected chi connectivity index (χ1v) is 9.21. The molecule has 0 aromatic heterocycles. The van der Waals surface area contributed by atoms with Gasteiger partial charge in [0.05, 0.1) is 12.2 Å². The molecule has 0 saturated heterocycles. The zero-order valence-corrected chi connectivity index (χ0v) is 16.4. The van der Waals surface area contributed by atoms with Gasteiger partial charge in [0.1, 0.15) is 5.75 Å². The van der Waals surface area contributed by atoms with E-state index in [1.165, 1.54) is 0 Å². The third-order valence-corrected chi connectivity index (χ3v) is 3.97. The van der Waals surface area contributed by atoms with Gasteiger partial charge in [-0.2, -0.15) is 0 Å². The first-order valence-electron chi connectivity index (χ1n) is 9.21. The average molecular weight is 369 g/mol. The summed E-state index contributed by atoms with van der Waals surface area (Å²) < 4.78 is 10.9. The minimum Gasteiger partial charge on any atom is -0.483 e. The molecule has 1 N–H and O–H groups in total. The topological polar surface area (TPSA) is 64.6 Å². The van der Waals surface area contributed by atoms with Gasteiger partial charge in [0, 0.05) is 5.69 Å². The number of hydrogen-bond donors (Lipinski definition) is 1. The first-order chi connectivity index (χ1) is 12.9. The largest absolute Gasteiger partial charge is 0.483 e. The SMILES string of the molecule is CCCOC(=O)c1cccc(NC(=O)COc2cc(C)ccc2C(C)C)c1. The zero-order chi connectivity index (χ0) is 19.8. The van der Waals surface area contributed by atoms with Crippen molar-refractivity contribution < 1.29 is 19.1 Å². The van der Waals surface area contributed by atoms with Gasteiger partial charge < -0.3 is 14.8 Å². The summed E-state index contributed by atoms with van der Waals surface area (Å²) in [6.07, 6.45) is 0.761. The smallest absolute Gasteiger partial charge is 0.338 e. The highest BCUT2D eigenvalue weighted by Gasteiger charge is 2.12. The molecule has 1 amide bonds. The Labute approximate surface area is 160 Å². The van der Waals surface area contributed by atoms with E-state index in [-0.39, 0.29) is 12.5 Å². The van der Waals surface area contributed by atoms with Gasteiger partial charge in [0.25, 0.3) is 5.91 Å². The number of nitrogens with one attached hydrogen (secondary N) is 1. The summed E-state index contributed by atoms with van der Waals surface area (Å²) in [4.78, 5) is 24.2. The van der Waals surface area contributed by atoms with Gasteiger partial charge in [-0.25, -0.2) is 4.79 Å². The van der Waals surface area contributed by atoms with Crippen LogP contribution in [0.5, 0.6) is 5.75 Å². The van der Waals surface area contributed by atoms with Gasteiger partial charge in [-0.1, -0.05) is 39.0 Å². The highest BCUT2D eigenvalue weighted by molar-refractivity contribution is 5.95. The number of carbonyl (C=O) groups excluding carboxylic acids is 2. The van der Waals surface area contributed by atoms with Crippen molar-refractivity contribution in [2.75, 3.05) is 18.5 Å². The maximum Gasteiger partial charge on any atom is 0.338 e. The Bertz CT molecular complexity index is 799. The van der Waals surface area contributed by atoms with E-state index in [0.29, 0.717) is 23.8 Å². The van der Waals surface area contributed by atoms with Crippen LogP contribution in [0.25, 0.3) is 0 Å². The lowest BCUT2D eigenvalue weighted by Gasteiger charge is -2.15. The van der Waals surface area contributed by atoms with Crippen LogP contribution >= 0.6 is 0 Å². The van der Waals surface area contributed by atoms with Crippen molar-refractivity contribution in [2.24, 2.45) is 0 Å². The lowest BCUT2D eigenvalue weighted by molar-refractivity contribution is -0.118. The molecule has 0 spiro atoms. The molecule has 144 valence electrons. The van der Waals surface area contributed by atoms with Gasteiger partial charge in [-0.15, -0.1) is 0 Å². The van der Waals surface area contributed by atoms with Gasteiger partial charge in [-0.05, 0) is 54.7 Å². The lowest BCUT2D eigenvalue weighted by atomic mass is 10.0. The van der Waals surface area contributed by atoms with Crippen LogP contribution < -0.4 is 10.1 Å². The van der Waals surface area contributed by atoms with Crippen LogP contribution in [0.2, 0.25) is 0 Å². The molecule has 0 aliphatic heterocycles. The number of carbonyl (C=O) groups is 2. The summed E-state index contributed by atoms with van der Waals surface area (Å²) in [5.74, 6) is 0.336. The quantitative estimate of drug-likeness (QED) is 0.685. The van der Waals surface area contributed by atoms with Gasteiger partial charge >= 0.3 is 5.97 Å². The number of amides is 1. The van der Waals surface area contributed by atoms with E-state index in [1.807, 2.05) is 32.0 Å². The van der Waals surface area contributed by atoms with Crippen molar-refractivity contribution in [3.63, 3.8) is 0 Å². The van der Waals surface area contributed by atoms with Crippen LogP contribution in [0, 0.1) is 6.92 Å². The summed E-state index contributed by atoms with van der Waals surface area (Å²) >= 11 is 0. The predicted octanol–water partition coefficient (Wildman–Crippen LogP) is 4.70. The maximum atomic E-state index is 12.3. The monoisotopic (exact) mass is 369 g/mol. The van der Waals surface area contributed by atoms with Crippen molar-refractivity contribution in [2.45, 2.75) is 40.0 Å². The molecule has 2 aromatic rings. The molecule has 0 atom stereocenters. The molecule has 5 heteroatoms. The summed E-state index contributed by atoms with van der Waals surface area (Å²) in [5, 5.41) is 2.76. The highest BCUT2D eigenvalue weighted by atomic mass is 16.5. The zero-order valence-electron chi connectivity index (χ0n) is 16.4. The number of benzene rings is 2. The number of anilines is 1. The van der Waals surface area contributed by atoms with E-state index >= 15 is 0 Å². The minimum absolute atomic E-state index is 0.103. The molecule has 5 nitrogen and oxygen atoms in total. The van der Waals surface area contributed by atoms with Crippen LogP contribution in [0.15, 0.2) is 42.5 Å². The van der Waals surface area contributed by atoms with Crippen LogP contribution in [0.1, 0.15) is 54.6 Å². The molecule has 0 unspecified atom stereocenters. The Balaban J connectivity index is 1.99. The first kappa shape index (κ1) is 20.5. The number of hydrogen-bond acceptors (Lipinski definition) is 4. The summed E-state index contributed by atoms with van der Waals surface area (Å²) in [7, 11) is 0. The van der Waals surface area contributed by atoms with Crippen molar-refractivity contribution in [3.05, 3.63) is 59.2 Å². The fourth-order valence-electron chi connectivity index (χ4n) is 2.59. The number of rotatable bonds is 8. The van der Waals surface area contributed by atoms with Crippen LogP contribution in [-0.4, -0.2) is 25.1 Å². The van der Waals surface area contributed by atoms with E-state index in [2.05, 4.69) is 19.2 Å². The fourth-order valence-corrected chi connectivity index (χ4v) is 2.59. The molecule has 0 aliphatic carbocycles. The maximum absolute atomic E-state index is 12.3. The van der Waals surface area contributed by atoms with Gasteiger partial charge in [-0.3, -0.25) is 4.79 Å². The third-order valence-electron chi connectivity index (χ3n) is 3.97. The molecule has 0 fully saturated rings. The standard InChI is InChI=1S/C22H27NO4/c1-5-11-26-22(25)17-7-6-8-18(13-17)23-21(24)14-27-20-12-16(4)9-10-19(20)15(2)3/h6-10,12-13,15H,5,11,14H2,1-4H3,(H,23,24). The second kappa shape index (κ2) is 9.76. The third kappa shape index (κ3) is 6.13. The second-order valence-corrected chi connectivity index (χ2v) is 6.75. The Morgan fingerprint density at radius 2 is 1.89 bits per heavy atom. The van der Waals surface area contributed by atoms with E-state index in [4.69, 9.17) is 9.47 Å². The van der Waals surface area contributed by atoms with Gasteiger partial charge in [0.15, 0.2) is 6.61 Å². The van der Waals surface area contributed by atoms with Crippen LogP contribution in [-0.2, 0) is 9.53 Å². The Morgan fingerprint density at radius 1 is 1.11 bits per heavy atom. The van der Waals surface area contributed by atoms with Gasteiger partial charge in [0.2, 0.25) is 0 Å². The Kier molecular flexibility index (Phi) is 7.41. The van der Waals surface area contributed by atoms with Crippen LogP contribution in [0.4, 0.5) is 5.69 Å². The predicted molar refractivity (Wildman–Crippen MR) is 106 cm³/mol. The van der Waals surface area contributed by atoms with E-state index in [1.54, 1.807) is 24.3 Å². The molecular formula is C22H27NO4. The molecule has 2 aromatic carbocycles. The highest BCUT2D eigenvalue weighted by Crippen LogP contribution is 2.27. The lowest BCUT2D eigenvalue weighted by Crippen LogP contribution is -2.21. The normalized spacial score (nSPS) is 10.6.